The lowest BCUT2D eigenvalue weighted by atomic mass is 9.94. The van der Waals surface area contributed by atoms with Gasteiger partial charge in [0.2, 0.25) is 5.91 Å². The van der Waals surface area contributed by atoms with Crippen LogP contribution in [-0.2, 0) is 11.3 Å². The molecule has 0 radical (unpaired) electrons. The van der Waals surface area contributed by atoms with Crippen molar-refractivity contribution >= 4 is 24.9 Å². The van der Waals surface area contributed by atoms with Gasteiger partial charge in [-0.25, -0.2) is 4.39 Å². The number of amides is 1. The van der Waals surface area contributed by atoms with Gasteiger partial charge in [0.05, 0.1) is 5.69 Å². The summed E-state index contributed by atoms with van der Waals surface area (Å²) in [4.78, 5) is 16.6. The van der Waals surface area contributed by atoms with E-state index in [1.54, 1.807) is 16.8 Å². The normalized spacial score (nSPS) is 15.0. The zero-order chi connectivity index (χ0) is 17.3. The van der Waals surface area contributed by atoms with Crippen LogP contribution in [0.5, 0.6) is 0 Å². The zero-order valence-electron chi connectivity index (χ0n) is 14.4. The molecule has 1 amide bonds. The van der Waals surface area contributed by atoms with Crippen molar-refractivity contribution in [3.8, 4) is 0 Å². The molecule has 0 atom stereocenters. The standard InChI is InChI=1S/C17H22BFN4O/c1-12-17(18)13(2)23(20-12)11-16(24)22-9-7-21(8-10-22)15-5-3-14(19)4-6-15/h3-6H,7-11,18H2,1-2H3. The first-order valence-electron chi connectivity index (χ1n) is 8.24. The zero-order valence-corrected chi connectivity index (χ0v) is 14.4. The maximum Gasteiger partial charge on any atom is 0.244 e. The molecule has 5 nitrogen and oxygen atoms in total. The molecule has 2 heterocycles. The first kappa shape index (κ1) is 16.5. The van der Waals surface area contributed by atoms with Gasteiger partial charge in [0.1, 0.15) is 20.2 Å². The van der Waals surface area contributed by atoms with Gasteiger partial charge in [-0.1, -0.05) is 0 Å². The van der Waals surface area contributed by atoms with Crippen LogP contribution < -0.4 is 10.4 Å². The van der Waals surface area contributed by atoms with Gasteiger partial charge in [0.15, 0.2) is 0 Å². The molecule has 1 saturated heterocycles. The molecule has 1 aliphatic heterocycles. The van der Waals surface area contributed by atoms with Crippen molar-refractivity contribution in [2.75, 3.05) is 31.1 Å². The second-order valence-electron chi connectivity index (χ2n) is 6.30. The molecule has 7 heteroatoms. The quantitative estimate of drug-likeness (QED) is 0.759. The SMILES string of the molecule is Bc1c(C)nn(CC(=O)N2CCN(c3ccc(F)cc3)CC2)c1C. The predicted octanol–water partition coefficient (Wildman–Crippen LogP) is 0.246. The Morgan fingerprint density at radius 2 is 1.79 bits per heavy atom. The fraction of sp³-hybridized carbons (Fsp3) is 0.412. The number of anilines is 1. The molecule has 1 fully saturated rings. The van der Waals surface area contributed by atoms with Gasteiger partial charge in [-0.3, -0.25) is 9.48 Å². The minimum absolute atomic E-state index is 0.0966. The van der Waals surface area contributed by atoms with Crippen LogP contribution in [0, 0.1) is 19.7 Å². The molecule has 3 rings (SSSR count). The van der Waals surface area contributed by atoms with E-state index in [1.807, 2.05) is 26.6 Å². The number of aromatic nitrogens is 2. The van der Waals surface area contributed by atoms with Gasteiger partial charge in [-0.2, -0.15) is 5.10 Å². The van der Waals surface area contributed by atoms with Crippen molar-refractivity contribution in [3.05, 3.63) is 41.5 Å². The van der Waals surface area contributed by atoms with Crippen molar-refractivity contribution in [3.63, 3.8) is 0 Å². The number of hydrogen-bond donors (Lipinski definition) is 0. The third kappa shape index (κ3) is 3.30. The van der Waals surface area contributed by atoms with E-state index < -0.39 is 0 Å². The number of piperazine rings is 1. The van der Waals surface area contributed by atoms with Gasteiger partial charge in [-0.05, 0) is 43.6 Å². The van der Waals surface area contributed by atoms with Gasteiger partial charge < -0.3 is 9.80 Å². The lowest BCUT2D eigenvalue weighted by Gasteiger charge is -2.36. The van der Waals surface area contributed by atoms with Crippen LogP contribution in [0.2, 0.25) is 0 Å². The molecule has 1 aromatic heterocycles. The highest BCUT2D eigenvalue weighted by Crippen LogP contribution is 2.17. The largest absolute Gasteiger partial charge is 0.368 e. The Kier molecular flexibility index (Phi) is 4.60. The summed E-state index contributed by atoms with van der Waals surface area (Å²) in [6.45, 7) is 7.11. The highest BCUT2D eigenvalue weighted by molar-refractivity contribution is 6.33. The van der Waals surface area contributed by atoms with E-state index in [4.69, 9.17) is 0 Å². The molecule has 126 valence electrons. The summed E-state index contributed by atoms with van der Waals surface area (Å²) in [6.07, 6.45) is 0. The second kappa shape index (κ2) is 6.67. The lowest BCUT2D eigenvalue weighted by Crippen LogP contribution is -2.49. The summed E-state index contributed by atoms with van der Waals surface area (Å²) in [5.74, 6) is -0.132. The average Bonchev–Trinajstić information content (AvgIpc) is 2.83. The Balaban J connectivity index is 1.59. The molecule has 0 spiro atoms. The van der Waals surface area contributed by atoms with E-state index >= 15 is 0 Å². The Hall–Kier alpha value is -2.31. The fourth-order valence-corrected chi connectivity index (χ4v) is 3.03. The number of carbonyl (C=O) groups excluding carboxylic acids is 1. The van der Waals surface area contributed by atoms with E-state index in [-0.39, 0.29) is 18.3 Å². The van der Waals surface area contributed by atoms with Crippen LogP contribution in [-0.4, -0.2) is 54.6 Å². The van der Waals surface area contributed by atoms with E-state index in [2.05, 4.69) is 10.00 Å². The number of halogens is 1. The molecule has 0 saturated carbocycles. The van der Waals surface area contributed by atoms with E-state index in [1.165, 1.54) is 12.1 Å². The highest BCUT2D eigenvalue weighted by atomic mass is 19.1. The number of rotatable bonds is 3. The van der Waals surface area contributed by atoms with Crippen LogP contribution in [0.1, 0.15) is 11.4 Å². The first-order valence-corrected chi connectivity index (χ1v) is 8.24. The molecular weight excluding hydrogens is 306 g/mol. The Bertz CT molecular complexity index is 736. The van der Waals surface area contributed by atoms with Gasteiger partial charge in [-0.15, -0.1) is 0 Å². The predicted molar refractivity (Wildman–Crippen MR) is 95.1 cm³/mol. The van der Waals surface area contributed by atoms with Gasteiger partial charge in [0, 0.05) is 37.6 Å². The second-order valence-corrected chi connectivity index (χ2v) is 6.30. The highest BCUT2D eigenvalue weighted by Gasteiger charge is 2.22. The molecule has 2 aromatic rings. The Morgan fingerprint density at radius 1 is 1.17 bits per heavy atom. The smallest absolute Gasteiger partial charge is 0.244 e. The molecule has 1 aromatic carbocycles. The molecule has 1 aliphatic rings. The molecule has 0 N–H and O–H groups in total. The monoisotopic (exact) mass is 328 g/mol. The lowest BCUT2D eigenvalue weighted by molar-refractivity contribution is -0.132. The van der Waals surface area contributed by atoms with Crippen LogP contribution in [0.15, 0.2) is 24.3 Å². The fourth-order valence-electron chi connectivity index (χ4n) is 3.03. The van der Waals surface area contributed by atoms with Crippen molar-refractivity contribution in [2.45, 2.75) is 20.4 Å². The molecule has 0 bridgehead atoms. The Morgan fingerprint density at radius 3 is 2.33 bits per heavy atom. The van der Waals surface area contributed by atoms with E-state index in [0.717, 1.165) is 35.6 Å². The average molecular weight is 328 g/mol. The summed E-state index contributed by atoms with van der Waals surface area (Å²) < 4.78 is 14.8. The van der Waals surface area contributed by atoms with E-state index in [0.29, 0.717) is 13.1 Å². The summed E-state index contributed by atoms with van der Waals surface area (Å²) in [6, 6.07) is 6.51. The summed E-state index contributed by atoms with van der Waals surface area (Å²) in [5, 5.41) is 4.44. The number of benzene rings is 1. The summed E-state index contributed by atoms with van der Waals surface area (Å²) in [5.41, 5.74) is 4.16. The minimum Gasteiger partial charge on any atom is -0.368 e. The number of aryl methyl sites for hydroxylation is 1. The number of carbonyl (C=O) groups is 1. The summed E-state index contributed by atoms with van der Waals surface area (Å²) in [7, 11) is 2.03. The number of nitrogens with zero attached hydrogens (tertiary/aromatic N) is 4. The van der Waals surface area contributed by atoms with Crippen molar-refractivity contribution in [1.82, 2.24) is 14.7 Å². The minimum atomic E-state index is -0.229. The van der Waals surface area contributed by atoms with Crippen molar-refractivity contribution in [2.24, 2.45) is 0 Å². The van der Waals surface area contributed by atoms with Crippen molar-refractivity contribution < 1.29 is 9.18 Å². The Labute approximate surface area is 142 Å². The topological polar surface area (TPSA) is 41.4 Å². The van der Waals surface area contributed by atoms with Crippen LogP contribution in [0.25, 0.3) is 0 Å². The van der Waals surface area contributed by atoms with Crippen molar-refractivity contribution in [1.29, 1.82) is 0 Å². The maximum atomic E-state index is 13.0. The number of hydrogen-bond acceptors (Lipinski definition) is 3. The van der Waals surface area contributed by atoms with Crippen LogP contribution >= 0.6 is 0 Å². The summed E-state index contributed by atoms with van der Waals surface area (Å²) >= 11 is 0. The van der Waals surface area contributed by atoms with Crippen LogP contribution in [0.4, 0.5) is 10.1 Å². The molecule has 0 aliphatic carbocycles. The third-order valence-corrected chi connectivity index (χ3v) is 4.85. The third-order valence-electron chi connectivity index (χ3n) is 4.85. The van der Waals surface area contributed by atoms with Gasteiger partial charge >= 0.3 is 0 Å². The molecule has 24 heavy (non-hydrogen) atoms. The van der Waals surface area contributed by atoms with E-state index in [9.17, 15) is 9.18 Å². The maximum absolute atomic E-state index is 13.0. The first-order chi connectivity index (χ1) is 11.5. The molecule has 0 unspecified atom stereocenters. The molecular formula is C17H22BFN4O. The van der Waals surface area contributed by atoms with Gasteiger partial charge in [0.25, 0.3) is 0 Å². The van der Waals surface area contributed by atoms with Crippen LogP contribution in [0.3, 0.4) is 0 Å².